The second-order valence-corrected chi connectivity index (χ2v) is 4.72. The second-order valence-electron chi connectivity index (χ2n) is 4.72. The van der Waals surface area contributed by atoms with E-state index in [2.05, 4.69) is 16.7 Å². The Balaban J connectivity index is 2.03. The molecular weight excluding hydrogens is 231 g/mol. The highest BCUT2D eigenvalue weighted by Crippen LogP contribution is 2.21. The fourth-order valence-electron chi connectivity index (χ4n) is 2.51. The van der Waals surface area contributed by atoms with Gasteiger partial charge < -0.3 is 10.0 Å². The molecule has 2 rings (SSSR count). The summed E-state index contributed by atoms with van der Waals surface area (Å²) in [6.07, 6.45) is 0. The van der Waals surface area contributed by atoms with Crippen molar-refractivity contribution in [2.45, 2.75) is 13.0 Å². The molecule has 1 unspecified atom stereocenters. The van der Waals surface area contributed by atoms with E-state index in [1.165, 1.54) is 12.1 Å². The summed E-state index contributed by atoms with van der Waals surface area (Å²) in [6.45, 7) is 7.31. The van der Waals surface area contributed by atoms with Crippen molar-refractivity contribution in [2.75, 3.05) is 39.3 Å². The van der Waals surface area contributed by atoms with Gasteiger partial charge in [0.15, 0.2) is 0 Å². The molecule has 3 nitrogen and oxygen atoms in total. The molecule has 0 amide bonds. The number of benzene rings is 1. The summed E-state index contributed by atoms with van der Waals surface area (Å²) in [5.74, 6) is -0.230. The van der Waals surface area contributed by atoms with E-state index in [0.29, 0.717) is 0 Å². The Labute approximate surface area is 108 Å². The molecule has 1 aliphatic heterocycles. The van der Waals surface area contributed by atoms with Crippen LogP contribution in [0.5, 0.6) is 0 Å². The lowest BCUT2D eigenvalue weighted by atomic mass is 10.1. The number of halogens is 1. The van der Waals surface area contributed by atoms with Gasteiger partial charge in [0.25, 0.3) is 0 Å². The molecule has 1 aromatic carbocycles. The van der Waals surface area contributed by atoms with Crippen molar-refractivity contribution in [3.05, 3.63) is 35.6 Å². The lowest BCUT2D eigenvalue weighted by Crippen LogP contribution is -2.48. The van der Waals surface area contributed by atoms with E-state index in [1.807, 2.05) is 0 Å². The van der Waals surface area contributed by atoms with Crippen molar-refractivity contribution in [1.29, 1.82) is 0 Å². The summed E-state index contributed by atoms with van der Waals surface area (Å²) in [4.78, 5) is 4.68. The first kappa shape index (κ1) is 13.5. The Morgan fingerprint density at radius 2 is 1.78 bits per heavy atom. The number of aliphatic hydroxyl groups excluding tert-OH is 1. The van der Waals surface area contributed by atoms with Crippen LogP contribution >= 0.6 is 0 Å². The van der Waals surface area contributed by atoms with Gasteiger partial charge in [0.1, 0.15) is 5.82 Å². The summed E-state index contributed by atoms with van der Waals surface area (Å²) >= 11 is 0. The average molecular weight is 252 g/mol. The predicted molar refractivity (Wildman–Crippen MR) is 69.9 cm³/mol. The van der Waals surface area contributed by atoms with Gasteiger partial charge in [-0.25, -0.2) is 4.39 Å². The Hall–Kier alpha value is -0.970. The number of aliphatic hydroxyl groups is 1. The fourth-order valence-corrected chi connectivity index (χ4v) is 2.51. The first-order valence-electron chi connectivity index (χ1n) is 6.57. The summed E-state index contributed by atoms with van der Waals surface area (Å²) in [5.41, 5.74) is 0.990. The topological polar surface area (TPSA) is 26.7 Å². The van der Waals surface area contributed by atoms with Crippen LogP contribution in [-0.2, 0) is 0 Å². The maximum Gasteiger partial charge on any atom is 0.123 e. The van der Waals surface area contributed by atoms with Gasteiger partial charge in [-0.1, -0.05) is 19.1 Å². The molecule has 0 bridgehead atoms. The van der Waals surface area contributed by atoms with Crippen LogP contribution in [-0.4, -0.2) is 54.2 Å². The zero-order valence-electron chi connectivity index (χ0n) is 10.8. The standard InChI is InChI=1S/C14H21FN2O/c1-2-16-7-9-17(10-8-16)14(11-18)12-3-5-13(15)6-4-12/h3-6,14,18H,2,7-11H2,1H3. The maximum atomic E-state index is 12.9. The van der Waals surface area contributed by atoms with Crippen LogP contribution in [0.2, 0.25) is 0 Å². The van der Waals surface area contributed by atoms with E-state index >= 15 is 0 Å². The molecule has 0 aliphatic carbocycles. The van der Waals surface area contributed by atoms with Gasteiger partial charge in [0.2, 0.25) is 0 Å². The SMILES string of the molecule is CCN1CCN(C(CO)c2ccc(F)cc2)CC1. The quantitative estimate of drug-likeness (QED) is 0.879. The number of hydrogen-bond acceptors (Lipinski definition) is 3. The van der Waals surface area contributed by atoms with E-state index in [4.69, 9.17) is 0 Å². The van der Waals surface area contributed by atoms with Crippen LogP contribution in [0, 0.1) is 5.82 Å². The van der Waals surface area contributed by atoms with E-state index in [9.17, 15) is 9.50 Å². The van der Waals surface area contributed by atoms with Gasteiger partial charge in [0, 0.05) is 26.2 Å². The number of nitrogens with zero attached hydrogens (tertiary/aromatic N) is 2. The van der Waals surface area contributed by atoms with E-state index in [0.717, 1.165) is 38.3 Å². The summed E-state index contributed by atoms with van der Waals surface area (Å²) < 4.78 is 12.9. The molecule has 0 saturated carbocycles. The molecule has 0 aromatic heterocycles. The van der Waals surface area contributed by atoms with Crippen molar-refractivity contribution < 1.29 is 9.50 Å². The number of rotatable bonds is 4. The van der Waals surface area contributed by atoms with Crippen molar-refractivity contribution in [2.24, 2.45) is 0 Å². The summed E-state index contributed by atoms with van der Waals surface area (Å²) in [7, 11) is 0. The first-order valence-corrected chi connectivity index (χ1v) is 6.57. The Bertz CT molecular complexity index is 361. The third-order valence-electron chi connectivity index (χ3n) is 3.72. The smallest absolute Gasteiger partial charge is 0.123 e. The lowest BCUT2D eigenvalue weighted by Gasteiger charge is -2.38. The molecule has 1 N–H and O–H groups in total. The molecule has 1 heterocycles. The predicted octanol–water partition coefficient (Wildman–Crippen LogP) is 1.50. The average Bonchev–Trinajstić information content (AvgIpc) is 2.42. The van der Waals surface area contributed by atoms with Crippen LogP contribution in [0.3, 0.4) is 0 Å². The van der Waals surface area contributed by atoms with Crippen molar-refractivity contribution in [1.82, 2.24) is 9.80 Å². The van der Waals surface area contributed by atoms with Crippen LogP contribution in [0.25, 0.3) is 0 Å². The Kier molecular flexibility index (Phi) is 4.69. The van der Waals surface area contributed by atoms with Gasteiger partial charge in [0.05, 0.1) is 12.6 Å². The molecule has 4 heteroatoms. The molecular formula is C14H21FN2O. The first-order chi connectivity index (χ1) is 8.74. The zero-order valence-corrected chi connectivity index (χ0v) is 10.8. The van der Waals surface area contributed by atoms with Crippen LogP contribution in [0.1, 0.15) is 18.5 Å². The zero-order chi connectivity index (χ0) is 13.0. The molecule has 1 fully saturated rings. The Morgan fingerprint density at radius 1 is 1.17 bits per heavy atom. The van der Waals surface area contributed by atoms with E-state index in [-0.39, 0.29) is 18.5 Å². The molecule has 1 saturated heterocycles. The monoisotopic (exact) mass is 252 g/mol. The minimum absolute atomic E-state index is 0.00962. The van der Waals surface area contributed by atoms with Crippen molar-refractivity contribution >= 4 is 0 Å². The molecule has 1 atom stereocenters. The minimum atomic E-state index is -0.230. The fraction of sp³-hybridized carbons (Fsp3) is 0.571. The largest absolute Gasteiger partial charge is 0.394 e. The molecule has 18 heavy (non-hydrogen) atoms. The molecule has 0 spiro atoms. The molecule has 100 valence electrons. The van der Waals surface area contributed by atoms with Gasteiger partial charge in [-0.15, -0.1) is 0 Å². The maximum absolute atomic E-state index is 12.9. The van der Waals surface area contributed by atoms with Gasteiger partial charge >= 0.3 is 0 Å². The Morgan fingerprint density at radius 3 is 2.28 bits per heavy atom. The molecule has 0 radical (unpaired) electrons. The highest BCUT2D eigenvalue weighted by Gasteiger charge is 2.23. The number of hydrogen-bond donors (Lipinski definition) is 1. The normalized spacial score (nSPS) is 19.9. The van der Waals surface area contributed by atoms with E-state index < -0.39 is 0 Å². The van der Waals surface area contributed by atoms with Crippen LogP contribution in [0.4, 0.5) is 4.39 Å². The molecule has 1 aliphatic rings. The lowest BCUT2D eigenvalue weighted by molar-refractivity contribution is 0.0672. The van der Waals surface area contributed by atoms with Gasteiger partial charge in [-0.05, 0) is 24.2 Å². The van der Waals surface area contributed by atoms with Gasteiger partial charge in [-0.2, -0.15) is 0 Å². The van der Waals surface area contributed by atoms with Crippen LogP contribution < -0.4 is 0 Å². The molecule has 1 aromatic rings. The third kappa shape index (κ3) is 3.07. The number of likely N-dealkylation sites (N-methyl/N-ethyl adjacent to an activating group) is 1. The summed E-state index contributed by atoms with van der Waals surface area (Å²) in [6, 6.07) is 6.44. The minimum Gasteiger partial charge on any atom is -0.394 e. The highest BCUT2D eigenvalue weighted by molar-refractivity contribution is 5.20. The number of piperazine rings is 1. The second kappa shape index (κ2) is 6.27. The van der Waals surface area contributed by atoms with Gasteiger partial charge in [-0.3, -0.25) is 4.90 Å². The summed E-state index contributed by atoms with van der Waals surface area (Å²) in [5, 5.41) is 9.58. The van der Waals surface area contributed by atoms with Crippen molar-refractivity contribution in [3.63, 3.8) is 0 Å². The van der Waals surface area contributed by atoms with Crippen LogP contribution in [0.15, 0.2) is 24.3 Å². The van der Waals surface area contributed by atoms with Crippen molar-refractivity contribution in [3.8, 4) is 0 Å². The van der Waals surface area contributed by atoms with E-state index in [1.54, 1.807) is 12.1 Å². The highest BCUT2D eigenvalue weighted by atomic mass is 19.1. The third-order valence-corrected chi connectivity index (χ3v) is 3.72.